The zero-order valence-electron chi connectivity index (χ0n) is 7.33. The highest BCUT2D eigenvalue weighted by molar-refractivity contribution is 5.35. The lowest BCUT2D eigenvalue weighted by Crippen LogP contribution is -2.10. The van der Waals surface area contributed by atoms with Crippen molar-refractivity contribution in [2.24, 2.45) is 0 Å². The van der Waals surface area contributed by atoms with Gasteiger partial charge >= 0.3 is 12.0 Å². The SMILES string of the molecule is O=[N+]([O-])c1nc(C(F)(F)F)ccc1C(F)F. The van der Waals surface area contributed by atoms with E-state index in [9.17, 15) is 32.1 Å². The topological polar surface area (TPSA) is 56.0 Å². The minimum atomic E-state index is -4.91. The van der Waals surface area contributed by atoms with E-state index in [2.05, 4.69) is 4.98 Å². The second-order valence-corrected chi connectivity index (χ2v) is 2.66. The van der Waals surface area contributed by atoms with E-state index in [1.54, 1.807) is 0 Å². The average Bonchev–Trinajstić information content (AvgIpc) is 2.15. The molecule has 0 amide bonds. The molecular weight excluding hydrogens is 239 g/mol. The number of alkyl halides is 5. The predicted octanol–water partition coefficient (Wildman–Crippen LogP) is 2.95. The molecule has 88 valence electrons. The van der Waals surface area contributed by atoms with Crippen molar-refractivity contribution in [3.63, 3.8) is 0 Å². The van der Waals surface area contributed by atoms with Crippen molar-refractivity contribution in [2.75, 3.05) is 0 Å². The molecule has 0 saturated carbocycles. The lowest BCUT2D eigenvalue weighted by atomic mass is 10.2. The van der Waals surface area contributed by atoms with E-state index in [4.69, 9.17) is 0 Å². The van der Waals surface area contributed by atoms with Gasteiger partial charge in [-0.1, -0.05) is 0 Å². The number of hydrogen-bond acceptors (Lipinski definition) is 3. The second-order valence-electron chi connectivity index (χ2n) is 2.66. The number of nitrogens with zero attached hydrogens (tertiary/aromatic N) is 2. The van der Waals surface area contributed by atoms with Crippen LogP contribution in [-0.2, 0) is 6.18 Å². The van der Waals surface area contributed by atoms with E-state index in [-0.39, 0.29) is 6.07 Å². The monoisotopic (exact) mass is 242 g/mol. The average molecular weight is 242 g/mol. The first-order valence-electron chi connectivity index (χ1n) is 3.74. The highest BCUT2D eigenvalue weighted by Crippen LogP contribution is 2.33. The van der Waals surface area contributed by atoms with E-state index >= 15 is 0 Å². The summed E-state index contributed by atoms with van der Waals surface area (Å²) >= 11 is 0. The molecule has 0 aliphatic rings. The highest BCUT2D eigenvalue weighted by Gasteiger charge is 2.39. The third-order valence-electron chi connectivity index (χ3n) is 1.60. The van der Waals surface area contributed by atoms with Crippen molar-refractivity contribution in [3.05, 3.63) is 33.5 Å². The molecule has 0 bridgehead atoms. The van der Waals surface area contributed by atoms with Crippen LogP contribution in [0.5, 0.6) is 0 Å². The molecular formula is C7H3F5N2O2. The molecule has 9 heteroatoms. The first kappa shape index (κ1) is 12.3. The first-order valence-corrected chi connectivity index (χ1v) is 3.74. The third-order valence-corrected chi connectivity index (χ3v) is 1.60. The first-order chi connectivity index (χ1) is 7.23. The van der Waals surface area contributed by atoms with Gasteiger partial charge in [-0.3, -0.25) is 0 Å². The number of nitro groups is 1. The van der Waals surface area contributed by atoms with Crippen molar-refractivity contribution in [1.82, 2.24) is 4.98 Å². The van der Waals surface area contributed by atoms with Gasteiger partial charge in [0, 0.05) is 0 Å². The molecule has 1 heterocycles. The van der Waals surface area contributed by atoms with Crippen LogP contribution in [0, 0.1) is 10.1 Å². The quantitative estimate of drug-likeness (QED) is 0.455. The largest absolute Gasteiger partial charge is 0.457 e. The molecule has 0 unspecified atom stereocenters. The smallest absolute Gasteiger partial charge is 0.358 e. The zero-order valence-corrected chi connectivity index (χ0v) is 7.33. The van der Waals surface area contributed by atoms with Crippen LogP contribution >= 0.6 is 0 Å². The van der Waals surface area contributed by atoms with Gasteiger partial charge in [-0.15, -0.1) is 0 Å². The summed E-state index contributed by atoms with van der Waals surface area (Å²) in [5.41, 5.74) is -2.72. The van der Waals surface area contributed by atoms with Gasteiger partial charge in [0.2, 0.25) is 0 Å². The Morgan fingerprint density at radius 2 is 1.88 bits per heavy atom. The van der Waals surface area contributed by atoms with E-state index in [0.717, 1.165) is 0 Å². The van der Waals surface area contributed by atoms with E-state index in [0.29, 0.717) is 6.07 Å². The molecule has 16 heavy (non-hydrogen) atoms. The number of hydrogen-bond donors (Lipinski definition) is 0. The van der Waals surface area contributed by atoms with Gasteiger partial charge in [0.05, 0.1) is 0 Å². The standard InChI is InChI=1S/C7H3F5N2O2/c8-5(9)3-1-2-4(7(10,11)12)13-6(3)14(15)16/h1-2,5H. The minimum Gasteiger partial charge on any atom is -0.358 e. The predicted molar refractivity (Wildman–Crippen MR) is 40.9 cm³/mol. The normalized spacial score (nSPS) is 11.9. The van der Waals surface area contributed by atoms with Gasteiger partial charge in [-0.25, -0.2) is 8.78 Å². The summed E-state index contributed by atoms with van der Waals surface area (Å²) in [5.74, 6) is -1.48. The maximum absolute atomic E-state index is 12.2. The van der Waals surface area contributed by atoms with E-state index < -0.39 is 34.6 Å². The molecule has 0 N–H and O–H groups in total. The van der Waals surface area contributed by atoms with Crippen LogP contribution in [0.2, 0.25) is 0 Å². The maximum Gasteiger partial charge on any atom is 0.457 e. The van der Waals surface area contributed by atoms with Crippen molar-refractivity contribution in [1.29, 1.82) is 0 Å². The molecule has 0 atom stereocenters. The van der Waals surface area contributed by atoms with Crippen LogP contribution in [0.4, 0.5) is 27.8 Å². The Hall–Kier alpha value is -1.80. The van der Waals surface area contributed by atoms with Crippen LogP contribution in [0.3, 0.4) is 0 Å². The van der Waals surface area contributed by atoms with Gasteiger partial charge < -0.3 is 10.1 Å². The molecule has 0 aliphatic heterocycles. The van der Waals surface area contributed by atoms with Crippen LogP contribution in [0.25, 0.3) is 0 Å². The summed E-state index contributed by atoms with van der Waals surface area (Å²) in [6, 6.07) is 0.618. The Morgan fingerprint density at radius 1 is 1.31 bits per heavy atom. The Kier molecular flexibility index (Phi) is 3.06. The van der Waals surface area contributed by atoms with Gasteiger partial charge in [0.15, 0.2) is 0 Å². The molecule has 0 radical (unpaired) electrons. The summed E-state index contributed by atoms with van der Waals surface area (Å²) < 4.78 is 60.7. The molecule has 0 aromatic carbocycles. The Balaban J connectivity index is 3.34. The van der Waals surface area contributed by atoms with Crippen LogP contribution in [0.1, 0.15) is 17.7 Å². The summed E-state index contributed by atoms with van der Waals surface area (Å²) in [6.07, 6.45) is -8.17. The van der Waals surface area contributed by atoms with Crippen molar-refractivity contribution < 1.29 is 26.9 Å². The Bertz CT molecular complexity index is 418. The Labute approximate surface area is 84.9 Å². The lowest BCUT2D eigenvalue weighted by molar-refractivity contribution is -0.391. The van der Waals surface area contributed by atoms with Gasteiger partial charge in [0.1, 0.15) is 5.56 Å². The van der Waals surface area contributed by atoms with E-state index in [1.165, 1.54) is 0 Å². The second kappa shape index (κ2) is 3.99. The molecule has 1 aromatic rings. The molecule has 1 aromatic heterocycles. The van der Waals surface area contributed by atoms with Gasteiger partial charge in [0.25, 0.3) is 12.1 Å². The molecule has 1 rings (SSSR count). The highest BCUT2D eigenvalue weighted by atomic mass is 19.4. The van der Waals surface area contributed by atoms with E-state index in [1.807, 2.05) is 0 Å². The number of aromatic nitrogens is 1. The molecule has 0 spiro atoms. The molecule has 0 aliphatic carbocycles. The fourth-order valence-corrected chi connectivity index (χ4v) is 0.934. The fourth-order valence-electron chi connectivity index (χ4n) is 0.934. The van der Waals surface area contributed by atoms with Crippen molar-refractivity contribution >= 4 is 5.82 Å². The summed E-state index contributed by atoms with van der Waals surface area (Å²) in [4.78, 5) is 11.4. The van der Waals surface area contributed by atoms with Crippen LogP contribution in [-0.4, -0.2) is 9.91 Å². The Morgan fingerprint density at radius 3 is 2.25 bits per heavy atom. The molecule has 0 saturated heterocycles. The molecule has 4 nitrogen and oxygen atoms in total. The number of halogens is 5. The van der Waals surface area contributed by atoms with Crippen LogP contribution in [0.15, 0.2) is 12.1 Å². The summed E-state index contributed by atoms with van der Waals surface area (Å²) in [7, 11) is 0. The minimum absolute atomic E-state index is 0.272. The van der Waals surface area contributed by atoms with Crippen molar-refractivity contribution in [2.45, 2.75) is 12.6 Å². The number of rotatable bonds is 2. The maximum atomic E-state index is 12.2. The van der Waals surface area contributed by atoms with Gasteiger partial charge in [-0.2, -0.15) is 13.2 Å². The third kappa shape index (κ3) is 2.41. The lowest BCUT2D eigenvalue weighted by Gasteiger charge is -2.04. The summed E-state index contributed by atoms with van der Waals surface area (Å²) in [6.45, 7) is 0. The zero-order chi connectivity index (χ0) is 12.5. The number of pyridine rings is 1. The fraction of sp³-hybridized carbons (Fsp3) is 0.286. The van der Waals surface area contributed by atoms with Crippen molar-refractivity contribution in [3.8, 4) is 0 Å². The molecule has 0 fully saturated rings. The summed E-state index contributed by atoms with van der Waals surface area (Å²) in [5, 5.41) is 10.2. The van der Waals surface area contributed by atoms with Crippen LogP contribution < -0.4 is 0 Å². The van der Waals surface area contributed by atoms with Gasteiger partial charge in [-0.05, 0) is 22.0 Å².